The summed E-state index contributed by atoms with van der Waals surface area (Å²) in [5.74, 6) is 1.02. The highest BCUT2D eigenvalue weighted by Crippen LogP contribution is 2.30. The third kappa shape index (κ3) is 4.75. The average Bonchev–Trinajstić information content (AvgIpc) is 3.35. The maximum atomic E-state index is 11.7. The van der Waals surface area contributed by atoms with Crippen LogP contribution in [0.15, 0.2) is 41.1 Å². The number of nitrogens with two attached hydrogens (primary N) is 1. The quantitative estimate of drug-likeness (QED) is 0.435. The van der Waals surface area contributed by atoms with Gasteiger partial charge in [0.2, 0.25) is 5.88 Å². The average molecular weight is 453 g/mol. The fraction of sp³-hybridized carbons (Fsp3) is 0.391. The topological polar surface area (TPSA) is 132 Å². The van der Waals surface area contributed by atoms with Gasteiger partial charge < -0.3 is 24.9 Å². The van der Waals surface area contributed by atoms with Crippen molar-refractivity contribution in [1.29, 1.82) is 0 Å². The molecule has 3 N–H and O–H groups in total. The summed E-state index contributed by atoms with van der Waals surface area (Å²) in [5, 5.41) is 14.9. The zero-order valence-corrected chi connectivity index (χ0v) is 19.1. The lowest BCUT2D eigenvalue weighted by molar-refractivity contribution is 0.101. The Morgan fingerprint density at radius 3 is 2.79 bits per heavy atom. The number of imidazole rings is 1. The molecule has 0 bridgehead atoms. The van der Waals surface area contributed by atoms with E-state index < -0.39 is 11.6 Å². The normalized spacial score (nSPS) is 12.9. The molecule has 0 unspecified atom stereocenters. The molecule has 0 spiro atoms. The first kappa shape index (κ1) is 22.5. The monoisotopic (exact) mass is 452 g/mol. The highest BCUT2D eigenvalue weighted by Gasteiger charge is 2.26. The largest absolute Gasteiger partial charge is 0.475 e. The smallest absolute Gasteiger partial charge is 0.407 e. The van der Waals surface area contributed by atoms with Crippen molar-refractivity contribution in [2.24, 2.45) is 5.73 Å². The second-order valence-electron chi connectivity index (χ2n) is 9.01. The van der Waals surface area contributed by atoms with E-state index in [1.54, 1.807) is 29.0 Å². The molecule has 0 saturated carbocycles. The minimum absolute atomic E-state index is 0.110. The number of ether oxygens (including phenoxy) is 1. The Hall–Kier alpha value is -3.66. The molecular weight excluding hydrogens is 424 g/mol. The molecule has 1 atom stereocenters. The first-order chi connectivity index (χ1) is 15.6. The van der Waals surface area contributed by atoms with Gasteiger partial charge >= 0.3 is 6.09 Å². The van der Waals surface area contributed by atoms with Gasteiger partial charge in [0.15, 0.2) is 11.4 Å². The summed E-state index contributed by atoms with van der Waals surface area (Å²) in [6, 6.07) is 7.13. The second kappa shape index (κ2) is 8.70. The number of furan rings is 1. The van der Waals surface area contributed by atoms with Crippen molar-refractivity contribution in [3.8, 4) is 17.3 Å². The molecule has 10 nitrogen and oxygen atoms in total. The van der Waals surface area contributed by atoms with Gasteiger partial charge in [0.1, 0.15) is 17.9 Å². The van der Waals surface area contributed by atoms with Gasteiger partial charge in [0.25, 0.3) is 0 Å². The highest BCUT2D eigenvalue weighted by molar-refractivity contribution is 5.84. The second-order valence-corrected chi connectivity index (χ2v) is 9.01. The number of nitrogens with zero attached hydrogens (tertiary/aromatic N) is 5. The first-order valence-corrected chi connectivity index (χ1v) is 10.7. The lowest BCUT2D eigenvalue weighted by Gasteiger charge is -2.33. The first-order valence-electron chi connectivity index (χ1n) is 10.7. The van der Waals surface area contributed by atoms with Crippen molar-refractivity contribution in [2.75, 3.05) is 13.2 Å². The number of fused-ring (bicyclic) bond motifs is 2. The van der Waals surface area contributed by atoms with Crippen molar-refractivity contribution >= 4 is 22.7 Å². The molecule has 4 heterocycles. The molecule has 4 aromatic rings. The number of pyridine rings is 1. The third-order valence-corrected chi connectivity index (χ3v) is 5.23. The van der Waals surface area contributed by atoms with Crippen LogP contribution in [-0.2, 0) is 6.42 Å². The summed E-state index contributed by atoms with van der Waals surface area (Å²) >= 11 is 0. The molecule has 4 rings (SSSR count). The van der Waals surface area contributed by atoms with Crippen LogP contribution in [0.5, 0.6) is 5.88 Å². The molecule has 174 valence electrons. The zero-order chi connectivity index (χ0) is 23.8. The van der Waals surface area contributed by atoms with E-state index in [0.717, 1.165) is 11.1 Å². The molecule has 0 aliphatic carbocycles. The SMILES string of the molecule is C[C@H](N)COc1ccc2ncc(-c3cc4c(CCN(C(=O)O)C(C)(C)C)nccc4o3)n2n1. The molecule has 0 radical (unpaired) electrons. The number of amides is 1. The van der Waals surface area contributed by atoms with Crippen LogP contribution in [0.2, 0.25) is 0 Å². The zero-order valence-electron chi connectivity index (χ0n) is 19.1. The van der Waals surface area contributed by atoms with Crippen LogP contribution in [0.3, 0.4) is 0 Å². The minimum Gasteiger partial charge on any atom is -0.475 e. The van der Waals surface area contributed by atoms with Gasteiger partial charge in [-0.05, 0) is 45.9 Å². The van der Waals surface area contributed by atoms with E-state index in [2.05, 4.69) is 15.1 Å². The van der Waals surface area contributed by atoms with Crippen molar-refractivity contribution < 1.29 is 19.1 Å². The van der Waals surface area contributed by atoms with Crippen LogP contribution in [0.25, 0.3) is 28.1 Å². The summed E-state index contributed by atoms with van der Waals surface area (Å²) in [4.78, 5) is 22.0. The molecule has 0 fully saturated rings. The lowest BCUT2D eigenvalue weighted by Crippen LogP contribution is -2.46. The Morgan fingerprint density at radius 1 is 1.30 bits per heavy atom. The van der Waals surface area contributed by atoms with Gasteiger partial charge in [-0.2, -0.15) is 0 Å². The number of aromatic nitrogens is 4. The number of hydrogen-bond acceptors (Lipinski definition) is 7. The number of rotatable bonds is 7. The Labute approximate surface area is 191 Å². The molecule has 10 heteroatoms. The summed E-state index contributed by atoms with van der Waals surface area (Å²) in [5.41, 5.74) is 8.00. The van der Waals surface area contributed by atoms with Gasteiger partial charge in [-0.15, -0.1) is 5.10 Å². The Bertz CT molecular complexity index is 1290. The molecule has 1 amide bonds. The van der Waals surface area contributed by atoms with Crippen LogP contribution in [0.4, 0.5) is 4.79 Å². The van der Waals surface area contributed by atoms with Gasteiger partial charge in [-0.1, -0.05) is 0 Å². The summed E-state index contributed by atoms with van der Waals surface area (Å²) < 4.78 is 13.4. The third-order valence-electron chi connectivity index (χ3n) is 5.23. The molecule has 0 aromatic carbocycles. The van der Waals surface area contributed by atoms with E-state index in [-0.39, 0.29) is 6.04 Å². The summed E-state index contributed by atoms with van der Waals surface area (Å²) in [6.45, 7) is 8.14. The number of hydrogen-bond donors (Lipinski definition) is 2. The lowest BCUT2D eigenvalue weighted by atomic mass is 10.1. The van der Waals surface area contributed by atoms with E-state index in [1.807, 2.05) is 39.8 Å². The van der Waals surface area contributed by atoms with Gasteiger partial charge in [0.05, 0.1) is 11.9 Å². The standard InChI is InChI=1S/C23H28N6O4/c1-14(24)13-32-21-6-5-20-26-12-17(29(20)27-21)19-11-15-16(25-9-7-18(15)33-19)8-10-28(22(30)31)23(2,3)4/h5-7,9,11-12,14H,8,10,13,24H2,1-4H3,(H,30,31)/t14-/m0/s1. The van der Waals surface area contributed by atoms with E-state index in [4.69, 9.17) is 14.9 Å². The minimum atomic E-state index is -0.957. The van der Waals surface area contributed by atoms with Crippen LogP contribution in [0.1, 0.15) is 33.4 Å². The van der Waals surface area contributed by atoms with E-state index >= 15 is 0 Å². The molecule has 4 aromatic heterocycles. The fourth-order valence-electron chi connectivity index (χ4n) is 3.60. The Balaban J connectivity index is 1.66. The molecule has 33 heavy (non-hydrogen) atoms. The van der Waals surface area contributed by atoms with Gasteiger partial charge in [-0.3, -0.25) is 4.98 Å². The van der Waals surface area contributed by atoms with Crippen LogP contribution < -0.4 is 10.5 Å². The summed E-state index contributed by atoms with van der Waals surface area (Å²) in [7, 11) is 0. The highest BCUT2D eigenvalue weighted by atomic mass is 16.5. The van der Waals surface area contributed by atoms with Crippen LogP contribution in [-0.4, -0.2) is 60.4 Å². The molecule has 0 aliphatic heterocycles. The van der Waals surface area contributed by atoms with E-state index in [1.165, 1.54) is 4.90 Å². The Morgan fingerprint density at radius 2 is 2.09 bits per heavy atom. The maximum absolute atomic E-state index is 11.7. The van der Waals surface area contributed by atoms with Crippen molar-refractivity contribution in [3.63, 3.8) is 0 Å². The van der Waals surface area contributed by atoms with Gasteiger partial charge in [-0.25, -0.2) is 14.3 Å². The van der Waals surface area contributed by atoms with E-state index in [9.17, 15) is 9.90 Å². The van der Waals surface area contributed by atoms with Crippen LogP contribution >= 0.6 is 0 Å². The molecule has 0 saturated heterocycles. The van der Waals surface area contributed by atoms with Crippen LogP contribution in [0, 0.1) is 0 Å². The van der Waals surface area contributed by atoms with Crippen molar-refractivity contribution in [1.82, 2.24) is 24.5 Å². The molecule has 0 aliphatic rings. The van der Waals surface area contributed by atoms with E-state index in [0.29, 0.717) is 48.1 Å². The molecular formula is C23H28N6O4. The van der Waals surface area contributed by atoms with Gasteiger partial charge in [0, 0.05) is 42.2 Å². The predicted molar refractivity (Wildman–Crippen MR) is 123 cm³/mol. The number of carbonyl (C=O) groups is 1. The number of carboxylic acid groups (broad SMARTS) is 1. The predicted octanol–water partition coefficient (Wildman–Crippen LogP) is 3.58. The fourth-order valence-corrected chi connectivity index (χ4v) is 3.60. The summed E-state index contributed by atoms with van der Waals surface area (Å²) in [6.07, 6.45) is 2.86. The maximum Gasteiger partial charge on any atom is 0.407 e. The van der Waals surface area contributed by atoms with Crippen molar-refractivity contribution in [2.45, 2.75) is 45.7 Å². The Kier molecular flexibility index (Phi) is 5.94. The van der Waals surface area contributed by atoms with Crippen molar-refractivity contribution in [3.05, 3.63) is 42.4 Å².